The summed E-state index contributed by atoms with van der Waals surface area (Å²) in [5.74, 6) is -0.0465. The van der Waals surface area contributed by atoms with Crippen molar-refractivity contribution in [3.63, 3.8) is 0 Å². The average Bonchev–Trinajstić information content (AvgIpc) is 3.38. The molecule has 0 radical (unpaired) electrons. The third-order valence-electron chi connectivity index (χ3n) is 15.6. The first-order chi connectivity index (χ1) is 35.5. The van der Waals surface area contributed by atoms with E-state index in [0.29, 0.717) is 19.4 Å². The molecule has 0 bridgehead atoms. The molecule has 0 aromatic carbocycles. The number of carbonyl (C=O) groups excluding carboxylic acids is 2. The van der Waals surface area contributed by atoms with Gasteiger partial charge in [0.25, 0.3) is 0 Å². The van der Waals surface area contributed by atoms with Gasteiger partial charge in [0.2, 0.25) is 5.91 Å². The van der Waals surface area contributed by atoms with Crippen LogP contribution in [0.3, 0.4) is 0 Å². The molecule has 0 spiro atoms. The number of aliphatic hydroxyl groups is 2. The van der Waals surface area contributed by atoms with Crippen molar-refractivity contribution in [2.45, 2.75) is 386 Å². The van der Waals surface area contributed by atoms with E-state index in [2.05, 4.69) is 19.2 Å². The zero-order chi connectivity index (χ0) is 52.2. The fourth-order valence-electron chi connectivity index (χ4n) is 10.5. The molecule has 0 aliphatic heterocycles. The molecule has 6 heteroatoms. The molecule has 0 heterocycles. The highest BCUT2D eigenvalue weighted by Crippen LogP contribution is 2.19. The molecular weight excluding hydrogens is 887 g/mol. The predicted molar refractivity (Wildman–Crippen MR) is 315 cm³/mol. The van der Waals surface area contributed by atoms with Crippen LogP contribution in [0.2, 0.25) is 0 Å². The minimum absolute atomic E-state index is 0.0165. The van der Waals surface area contributed by atoms with E-state index in [1.165, 1.54) is 308 Å². The number of hydrogen-bond acceptors (Lipinski definition) is 5. The zero-order valence-electron chi connectivity index (χ0n) is 48.9. The fourth-order valence-corrected chi connectivity index (χ4v) is 10.5. The van der Waals surface area contributed by atoms with Crippen molar-refractivity contribution in [3.05, 3.63) is 12.2 Å². The van der Waals surface area contributed by atoms with Gasteiger partial charge in [0, 0.05) is 12.8 Å². The van der Waals surface area contributed by atoms with Crippen molar-refractivity contribution in [3.8, 4) is 0 Å². The summed E-state index contributed by atoms with van der Waals surface area (Å²) < 4.78 is 5.48. The molecule has 0 aromatic heterocycles. The number of nitrogens with one attached hydrogen (secondary N) is 1. The largest absolute Gasteiger partial charge is 0.466 e. The molecule has 428 valence electrons. The third kappa shape index (κ3) is 57.9. The second-order valence-corrected chi connectivity index (χ2v) is 22.8. The Morgan fingerprint density at radius 3 is 0.944 bits per heavy atom. The molecule has 3 N–H and O–H groups in total. The summed E-state index contributed by atoms with van der Waals surface area (Å²) in [5, 5.41) is 23.2. The van der Waals surface area contributed by atoms with Crippen LogP contribution in [0.25, 0.3) is 0 Å². The van der Waals surface area contributed by atoms with Crippen LogP contribution in [-0.4, -0.2) is 47.4 Å². The lowest BCUT2D eigenvalue weighted by Gasteiger charge is -2.20. The van der Waals surface area contributed by atoms with Crippen LogP contribution >= 0.6 is 0 Å². The van der Waals surface area contributed by atoms with Gasteiger partial charge in [-0.25, -0.2) is 0 Å². The summed E-state index contributed by atoms with van der Waals surface area (Å²) >= 11 is 0. The van der Waals surface area contributed by atoms with Crippen LogP contribution in [0, 0.1) is 0 Å². The maximum Gasteiger partial charge on any atom is 0.305 e. The van der Waals surface area contributed by atoms with E-state index in [-0.39, 0.29) is 18.5 Å². The SMILES string of the molecule is CCCCCCCCCCCCCCCCCCC/C=C/C(O)C(CO)NC(=O)CCCCCCCCCCCCCCCCCCCCCCCCCCOC(=O)CCCCCCCCCCCCCC. The number of rotatable bonds is 62. The predicted octanol–water partition coefficient (Wildman–Crippen LogP) is 20.8. The number of esters is 1. The molecular formula is C66H129NO5. The van der Waals surface area contributed by atoms with Gasteiger partial charge >= 0.3 is 5.97 Å². The van der Waals surface area contributed by atoms with Gasteiger partial charge < -0.3 is 20.3 Å². The molecule has 72 heavy (non-hydrogen) atoms. The lowest BCUT2D eigenvalue weighted by atomic mass is 10.0. The van der Waals surface area contributed by atoms with Gasteiger partial charge in [-0.15, -0.1) is 0 Å². The fraction of sp³-hybridized carbons (Fsp3) is 0.939. The highest BCUT2D eigenvalue weighted by atomic mass is 16.5. The van der Waals surface area contributed by atoms with Crippen LogP contribution < -0.4 is 5.32 Å². The summed E-state index contributed by atoms with van der Waals surface area (Å²) in [7, 11) is 0. The standard InChI is InChI=1S/C66H129NO5/c1-3-5-7-9-11-13-15-17-18-19-26-29-32-35-38-42-46-50-54-58-64(69)63(62-68)67-65(70)59-55-51-47-43-39-36-33-30-27-24-22-20-21-23-25-28-31-34-37-41-45-49-53-57-61-72-66(71)60-56-52-48-44-40-16-14-12-10-8-6-4-2/h54,58,63-64,68-69H,3-53,55-57,59-62H2,1-2H3,(H,67,70)/b58-54+. The Labute approximate surface area is 450 Å². The molecule has 0 saturated carbocycles. The van der Waals surface area contributed by atoms with E-state index in [1.807, 2.05) is 6.08 Å². The van der Waals surface area contributed by atoms with E-state index in [1.54, 1.807) is 6.08 Å². The van der Waals surface area contributed by atoms with Crippen molar-refractivity contribution in [1.82, 2.24) is 5.32 Å². The maximum absolute atomic E-state index is 12.5. The van der Waals surface area contributed by atoms with Crippen LogP contribution in [0.4, 0.5) is 0 Å². The minimum atomic E-state index is -0.843. The Kier molecular flexibility index (Phi) is 60.9. The number of amides is 1. The van der Waals surface area contributed by atoms with Crippen molar-refractivity contribution in [2.75, 3.05) is 13.2 Å². The third-order valence-corrected chi connectivity index (χ3v) is 15.6. The number of allylic oxidation sites excluding steroid dienone is 1. The van der Waals surface area contributed by atoms with E-state index < -0.39 is 12.1 Å². The molecule has 0 aromatic rings. The molecule has 2 unspecified atom stereocenters. The molecule has 0 saturated heterocycles. The van der Waals surface area contributed by atoms with Crippen molar-refractivity contribution >= 4 is 11.9 Å². The number of unbranched alkanes of at least 4 members (excludes halogenated alkanes) is 51. The van der Waals surface area contributed by atoms with Gasteiger partial charge in [0.1, 0.15) is 0 Å². The lowest BCUT2D eigenvalue weighted by molar-refractivity contribution is -0.143. The summed E-state index contributed by atoms with van der Waals surface area (Å²) in [6, 6.07) is -0.627. The van der Waals surface area contributed by atoms with E-state index in [9.17, 15) is 19.8 Å². The number of carbonyl (C=O) groups is 2. The molecule has 0 aliphatic carbocycles. The lowest BCUT2D eigenvalue weighted by Crippen LogP contribution is -2.45. The summed E-state index contributed by atoms with van der Waals surface area (Å²) in [4.78, 5) is 24.5. The van der Waals surface area contributed by atoms with Gasteiger partial charge in [0.05, 0.1) is 25.4 Å². The van der Waals surface area contributed by atoms with Gasteiger partial charge in [-0.2, -0.15) is 0 Å². The van der Waals surface area contributed by atoms with Crippen molar-refractivity contribution in [2.24, 2.45) is 0 Å². The van der Waals surface area contributed by atoms with E-state index >= 15 is 0 Å². The van der Waals surface area contributed by atoms with Gasteiger partial charge in [-0.1, -0.05) is 341 Å². The highest BCUT2D eigenvalue weighted by molar-refractivity contribution is 5.76. The quantitative estimate of drug-likeness (QED) is 0.0320. The number of ether oxygens (including phenoxy) is 1. The Morgan fingerprint density at radius 2 is 0.639 bits per heavy atom. The topological polar surface area (TPSA) is 95.9 Å². The monoisotopic (exact) mass is 1020 g/mol. The van der Waals surface area contributed by atoms with Crippen molar-refractivity contribution in [1.29, 1.82) is 0 Å². The van der Waals surface area contributed by atoms with E-state index in [0.717, 1.165) is 38.5 Å². The van der Waals surface area contributed by atoms with Crippen LogP contribution in [0.5, 0.6) is 0 Å². The first-order valence-corrected chi connectivity index (χ1v) is 33.0. The maximum atomic E-state index is 12.5. The van der Waals surface area contributed by atoms with Crippen LogP contribution in [0.1, 0.15) is 373 Å². The molecule has 2 atom stereocenters. The first kappa shape index (κ1) is 70.6. The zero-order valence-corrected chi connectivity index (χ0v) is 48.9. The van der Waals surface area contributed by atoms with Gasteiger partial charge in [0.15, 0.2) is 0 Å². The summed E-state index contributed by atoms with van der Waals surface area (Å²) in [6.07, 6.45) is 75.5. The van der Waals surface area contributed by atoms with Crippen LogP contribution in [0.15, 0.2) is 12.2 Å². The molecule has 0 fully saturated rings. The smallest absolute Gasteiger partial charge is 0.305 e. The number of hydrogen-bond donors (Lipinski definition) is 3. The Hall–Kier alpha value is -1.40. The normalized spacial score (nSPS) is 12.6. The van der Waals surface area contributed by atoms with Gasteiger partial charge in [-0.3, -0.25) is 9.59 Å². The van der Waals surface area contributed by atoms with Gasteiger partial charge in [-0.05, 0) is 32.1 Å². The molecule has 1 amide bonds. The Bertz CT molecular complexity index is 1080. The minimum Gasteiger partial charge on any atom is -0.466 e. The Balaban J connectivity index is 3.39. The molecule has 6 nitrogen and oxygen atoms in total. The summed E-state index contributed by atoms with van der Waals surface area (Å²) in [6.45, 7) is 4.94. The van der Waals surface area contributed by atoms with Crippen molar-refractivity contribution < 1.29 is 24.5 Å². The van der Waals surface area contributed by atoms with E-state index in [4.69, 9.17) is 4.74 Å². The first-order valence-electron chi connectivity index (χ1n) is 33.0. The number of aliphatic hydroxyl groups excluding tert-OH is 2. The molecule has 0 aliphatic rings. The average molecular weight is 1020 g/mol. The Morgan fingerprint density at radius 1 is 0.375 bits per heavy atom. The highest BCUT2D eigenvalue weighted by Gasteiger charge is 2.18. The molecule has 0 rings (SSSR count). The van der Waals surface area contributed by atoms with Crippen LogP contribution in [-0.2, 0) is 14.3 Å². The second-order valence-electron chi connectivity index (χ2n) is 22.8. The second kappa shape index (κ2) is 62.1. The summed E-state index contributed by atoms with van der Waals surface area (Å²) in [5.41, 5.74) is 0.